The fraction of sp³-hybridized carbons (Fsp3) is 0.588. The number of ether oxygens (including phenoxy) is 1. The van der Waals surface area contributed by atoms with E-state index in [1.54, 1.807) is 0 Å². The number of nitrogens with zero attached hydrogens (tertiary/aromatic N) is 1. The third-order valence-electron chi connectivity index (χ3n) is 3.64. The number of amides is 1. The molecule has 1 heterocycles. The molecule has 5 heteroatoms. The molecule has 0 saturated carbocycles. The Morgan fingerprint density at radius 3 is 2.73 bits per heavy atom. The van der Waals surface area contributed by atoms with Crippen molar-refractivity contribution in [3.8, 4) is 0 Å². The van der Waals surface area contributed by atoms with Gasteiger partial charge in [0.05, 0.1) is 12.7 Å². The molecule has 2 rings (SSSR count). The van der Waals surface area contributed by atoms with Crippen LogP contribution in [-0.4, -0.2) is 54.7 Å². The second-order valence-corrected chi connectivity index (χ2v) is 7.01. The van der Waals surface area contributed by atoms with E-state index in [0.717, 1.165) is 48.0 Å². The Morgan fingerprint density at radius 1 is 1.36 bits per heavy atom. The van der Waals surface area contributed by atoms with Gasteiger partial charge in [0.25, 0.3) is 5.91 Å². The highest BCUT2D eigenvalue weighted by Crippen LogP contribution is 2.19. The second-order valence-electron chi connectivity index (χ2n) is 5.78. The molecule has 122 valence electrons. The zero-order valence-corrected chi connectivity index (χ0v) is 14.5. The van der Waals surface area contributed by atoms with Crippen molar-refractivity contribution < 1.29 is 9.53 Å². The van der Waals surface area contributed by atoms with Gasteiger partial charge in [0.1, 0.15) is 0 Å². The van der Waals surface area contributed by atoms with E-state index in [4.69, 9.17) is 4.74 Å². The molecule has 1 N–H and O–H groups in total. The quantitative estimate of drug-likeness (QED) is 0.818. The Bertz CT molecular complexity index is 499. The molecule has 1 fully saturated rings. The van der Waals surface area contributed by atoms with Crippen LogP contribution < -0.4 is 5.32 Å². The van der Waals surface area contributed by atoms with E-state index in [1.807, 2.05) is 55.6 Å². The fourth-order valence-corrected chi connectivity index (χ4v) is 3.33. The highest BCUT2D eigenvalue weighted by atomic mass is 32.2. The molecule has 1 aromatic carbocycles. The zero-order valence-electron chi connectivity index (χ0n) is 13.7. The highest BCUT2D eigenvalue weighted by Gasteiger charge is 2.18. The molecule has 0 radical (unpaired) electrons. The molecule has 1 aliphatic rings. The standard InChI is InChI=1S/C17H26N2O2S/c1-13(2)21-9-6-18-16-5-4-15(12-14(16)3)17(20)19-7-10-22-11-8-19/h4-5,12-13,18H,6-11H2,1-3H3. The SMILES string of the molecule is Cc1cc(C(=O)N2CCSCC2)ccc1NCCOC(C)C. The third kappa shape index (κ3) is 4.92. The molecule has 0 unspecified atom stereocenters. The molecule has 1 saturated heterocycles. The highest BCUT2D eigenvalue weighted by molar-refractivity contribution is 7.99. The van der Waals surface area contributed by atoms with Gasteiger partial charge in [-0.2, -0.15) is 11.8 Å². The van der Waals surface area contributed by atoms with Crippen molar-refractivity contribution in [1.29, 1.82) is 0 Å². The average Bonchev–Trinajstić information content (AvgIpc) is 2.52. The molecule has 0 atom stereocenters. The normalized spacial score (nSPS) is 15.2. The van der Waals surface area contributed by atoms with Crippen molar-refractivity contribution in [3.63, 3.8) is 0 Å². The molecule has 22 heavy (non-hydrogen) atoms. The summed E-state index contributed by atoms with van der Waals surface area (Å²) < 4.78 is 5.52. The first-order chi connectivity index (χ1) is 10.6. The Hall–Kier alpha value is -1.20. The maximum absolute atomic E-state index is 12.5. The van der Waals surface area contributed by atoms with Gasteiger partial charge in [-0.05, 0) is 44.5 Å². The number of anilines is 1. The minimum Gasteiger partial charge on any atom is -0.383 e. The summed E-state index contributed by atoms with van der Waals surface area (Å²) in [6.45, 7) is 9.27. The largest absolute Gasteiger partial charge is 0.383 e. The lowest BCUT2D eigenvalue weighted by Crippen LogP contribution is -2.37. The van der Waals surface area contributed by atoms with Crippen LogP contribution in [0.5, 0.6) is 0 Å². The van der Waals surface area contributed by atoms with Crippen LogP contribution in [0.4, 0.5) is 5.69 Å². The summed E-state index contributed by atoms with van der Waals surface area (Å²) >= 11 is 1.91. The number of hydrogen-bond donors (Lipinski definition) is 1. The van der Waals surface area contributed by atoms with Crippen molar-refractivity contribution in [2.45, 2.75) is 26.9 Å². The van der Waals surface area contributed by atoms with Gasteiger partial charge < -0.3 is 15.0 Å². The Morgan fingerprint density at radius 2 is 2.09 bits per heavy atom. The van der Waals surface area contributed by atoms with Gasteiger partial charge in [0.15, 0.2) is 0 Å². The van der Waals surface area contributed by atoms with E-state index in [0.29, 0.717) is 6.61 Å². The van der Waals surface area contributed by atoms with Gasteiger partial charge in [-0.25, -0.2) is 0 Å². The van der Waals surface area contributed by atoms with E-state index in [1.165, 1.54) is 0 Å². The number of rotatable bonds is 6. The summed E-state index contributed by atoms with van der Waals surface area (Å²) in [7, 11) is 0. The smallest absolute Gasteiger partial charge is 0.253 e. The minimum absolute atomic E-state index is 0.151. The molecule has 0 spiro atoms. The van der Waals surface area contributed by atoms with Crippen LogP contribution in [0, 0.1) is 6.92 Å². The van der Waals surface area contributed by atoms with Gasteiger partial charge in [0, 0.05) is 42.4 Å². The molecule has 1 aromatic rings. The number of aryl methyl sites for hydroxylation is 1. The van der Waals surface area contributed by atoms with Gasteiger partial charge in [0.2, 0.25) is 0 Å². The topological polar surface area (TPSA) is 41.6 Å². The van der Waals surface area contributed by atoms with Gasteiger partial charge >= 0.3 is 0 Å². The molecule has 1 amide bonds. The summed E-state index contributed by atoms with van der Waals surface area (Å²) in [4.78, 5) is 14.4. The first-order valence-electron chi connectivity index (χ1n) is 7.91. The number of carbonyl (C=O) groups excluding carboxylic acids is 1. The summed E-state index contributed by atoms with van der Waals surface area (Å²) in [5.74, 6) is 2.23. The Balaban J connectivity index is 1.92. The number of hydrogen-bond acceptors (Lipinski definition) is 4. The molecular weight excluding hydrogens is 296 g/mol. The summed E-state index contributed by atoms with van der Waals surface area (Å²) in [6, 6.07) is 5.90. The van der Waals surface area contributed by atoms with Crippen LogP contribution in [0.3, 0.4) is 0 Å². The molecule has 0 bridgehead atoms. The lowest BCUT2D eigenvalue weighted by atomic mass is 10.1. The van der Waals surface area contributed by atoms with E-state index in [9.17, 15) is 4.79 Å². The number of thioether (sulfide) groups is 1. The Kier molecular flexibility index (Phi) is 6.58. The predicted octanol–water partition coefficient (Wildman–Crippen LogP) is 3.02. The van der Waals surface area contributed by atoms with Crippen molar-refractivity contribution in [3.05, 3.63) is 29.3 Å². The monoisotopic (exact) mass is 322 g/mol. The van der Waals surface area contributed by atoms with Crippen LogP contribution in [0.1, 0.15) is 29.8 Å². The van der Waals surface area contributed by atoms with Crippen molar-refractivity contribution >= 4 is 23.4 Å². The predicted molar refractivity (Wildman–Crippen MR) is 94.0 cm³/mol. The summed E-state index contributed by atoms with van der Waals surface area (Å²) in [6.07, 6.45) is 0.255. The zero-order chi connectivity index (χ0) is 15.9. The molecule has 0 aliphatic carbocycles. The molecule has 1 aliphatic heterocycles. The van der Waals surface area contributed by atoms with Crippen LogP contribution in [0.25, 0.3) is 0 Å². The fourth-order valence-electron chi connectivity index (χ4n) is 2.42. The lowest BCUT2D eigenvalue weighted by molar-refractivity contribution is 0.0772. The molecular formula is C17H26N2O2S. The Labute approximate surface area is 137 Å². The third-order valence-corrected chi connectivity index (χ3v) is 4.58. The number of carbonyl (C=O) groups is 1. The molecule has 4 nitrogen and oxygen atoms in total. The van der Waals surface area contributed by atoms with Crippen molar-refractivity contribution in [2.24, 2.45) is 0 Å². The first kappa shape index (κ1) is 17.2. The minimum atomic E-state index is 0.151. The maximum Gasteiger partial charge on any atom is 0.253 e. The lowest BCUT2D eigenvalue weighted by Gasteiger charge is -2.26. The van der Waals surface area contributed by atoms with Gasteiger partial charge in [-0.15, -0.1) is 0 Å². The van der Waals surface area contributed by atoms with Crippen LogP contribution in [0.15, 0.2) is 18.2 Å². The van der Waals surface area contributed by atoms with Gasteiger partial charge in [-0.3, -0.25) is 4.79 Å². The number of benzene rings is 1. The molecule has 0 aromatic heterocycles. The van der Waals surface area contributed by atoms with Crippen LogP contribution in [-0.2, 0) is 4.74 Å². The van der Waals surface area contributed by atoms with Crippen molar-refractivity contribution in [2.75, 3.05) is 43.1 Å². The average molecular weight is 322 g/mol. The van der Waals surface area contributed by atoms with Crippen LogP contribution in [0.2, 0.25) is 0 Å². The summed E-state index contributed by atoms with van der Waals surface area (Å²) in [5.41, 5.74) is 2.95. The van der Waals surface area contributed by atoms with Crippen LogP contribution >= 0.6 is 11.8 Å². The van der Waals surface area contributed by atoms with E-state index < -0.39 is 0 Å². The van der Waals surface area contributed by atoms with E-state index in [2.05, 4.69) is 5.32 Å². The summed E-state index contributed by atoms with van der Waals surface area (Å²) in [5, 5.41) is 3.36. The maximum atomic E-state index is 12.5. The first-order valence-corrected chi connectivity index (χ1v) is 9.06. The number of nitrogens with one attached hydrogen (secondary N) is 1. The van der Waals surface area contributed by atoms with E-state index >= 15 is 0 Å². The van der Waals surface area contributed by atoms with Gasteiger partial charge in [-0.1, -0.05) is 0 Å². The van der Waals surface area contributed by atoms with E-state index in [-0.39, 0.29) is 12.0 Å². The van der Waals surface area contributed by atoms with Crippen molar-refractivity contribution in [1.82, 2.24) is 4.90 Å². The second kappa shape index (κ2) is 8.44.